The van der Waals surface area contributed by atoms with Crippen LogP contribution >= 0.6 is 0 Å². The molecule has 54 heavy (non-hydrogen) atoms. The number of anilines is 1. The predicted octanol–water partition coefficient (Wildman–Crippen LogP) is 2.74. The Bertz CT molecular complexity index is 2120. The minimum atomic E-state index is -5.08. The van der Waals surface area contributed by atoms with Gasteiger partial charge in [0, 0.05) is 57.1 Å². The molecule has 2 atom stereocenters. The second kappa shape index (κ2) is 14.4. The minimum Gasteiger partial charge on any atom is -0.475 e. The van der Waals surface area contributed by atoms with Gasteiger partial charge in [-0.25, -0.2) is 9.48 Å². The molecule has 3 aliphatic heterocycles. The fraction of sp³-hybridized carbons (Fsp3) is 0.400. The molecule has 1 saturated carbocycles. The number of aryl methyl sites for hydroxylation is 1. The Morgan fingerprint density at radius 1 is 0.926 bits per heavy atom. The summed E-state index contributed by atoms with van der Waals surface area (Å²) in [6.07, 6.45) is 0.209. The number of rotatable bonds is 7. The molecule has 19 heteroatoms. The first-order chi connectivity index (χ1) is 25.8. The van der Waals surface area contributed by atoms with Crippen LogP contribution in [0.15, 0.2) is 54.7 Å². The highest BCUT2D eigenvalue weighted by Gasteiger charge is 2.45. The maximum absolute atomic E-state index is 13.5. The number of nitrogens with one attached hydrogen (secondary N) is 1. The molecule has 16 nitrogen and oxygen atoms in total. The van der Waals surface area contributed by atoms with Crippen molar-refractivity contribution >= 4 is 35.3 Å². The molecule has 4 aromatic rings. The SMILES string of the molecule is Cn1nccc1-c1ccccc1C(c1nnnn1C1CCC1)N1CCN(c2ccc3c(c2)C(=O)N(C2CCC(=O)NC2=O)C3=O)CC1.O=C(O)C(F)(F)F. The van der Waals surface area contributed by atoms with E-state index in [4.69, 9.17) is 9.90 Å². The standard InChI is InChI=1S/C33H34N10O4.C2HF3O2/c1-39-26(13-14-34-39)22-7-2-3-8-23(22)29(30-36-37-38-43(30)20-5-4-6-20)41-17-15-40(16-18-41)21-9-10-24-25(19-21)33(47)42(32(24)46)27-11-12-28(44)35-31(27)45;3-2(4,5)1(6)7/h2-3,7-10,13-14,19-20,27,29H,4-6,11-12,15-18H2,1H3,(H,35,44,45);(H,6,7). The first kappa shape index (κ1) is 36.4. The van der Waals surface area contributed by atoms with Crippen LogP contribution in [0, 0.1) is 0 Å². The highest BCUT2D eigenvalue weighted by atomic mass is 19.4. The number of hydrogen-bond donors (Lipinski definition) is 2. The summed E-state index contributed by atoms with van der Waals surface area (Å²) in [6.45, 7) is 2.75. The van der Waals surface area contributed by atoms with Gasteiger partial charge >= 0.3 is 12.1 Å². The number of tetrazole rings is 1. The lowest BCUT2D eigenvalue weighted by Crippen LogP contribution is -2.54. The zero-order valence-electron chi connectivity index (χ0n) is 28.9. The fourth-order valence-electron chi connectivity index (χ4n) is 7.27. The van der Waals surface area contributed by atoms with E-state index in [9.17, 15) is 32.3 Å². The van der Waals surface area contributed by atoms with Crippen LogP contribution in [-0.2, 0) is 21.4 Å². The zero-order valence-corrected chi connectivity index (χ0v) is 28.9. The summed E-state index contributed by atoms with van der Waals surface area (Å²) in [5, 5.41) is 27.0. The summed E-state index contributed by atoms with van der Waals surface area (Å²) in [4.78, 5) is 65.3. The zero-order chi connectivity index (χ0) is 38.3. The molecule has 0 spiro atoms. The highest BCUT2D eigenvalue weighted by Crippen LogP contribution is 2.39. The van der Waals surface area contributed by atoms with Gasteiger partial charge in [0.15, 0.2) is 5.82 Å². The smallest absolute Gasteiger partial charge is 0.475 e. The highest BCUT2D eigenvalue weighted by molar-refractivity contribution is 6.23. The van der Waals surface area contributed by atoms with Gasteiger partial charge in [0.25, 0.3) is 11.8 Å². The number of fused-ring (bicyclic) bond motifs is 1. The number of carboxylic acid groups (broad SMARTS) is 1. The summed E-state index contributed by atoms with van der Waals surface area (Å²) in [6, 6.07) is 14.8. The fourth-order valence-corrected chi connectivity index (χ4v) is 7.27. The van der Waals surface area contributed by atoms with E-state index >= 15 is 0 Å². The average molecular weight is 749 g/mol. The van der Waals surface area contributed by atoms with Gasteiger partial charge in [-0.2, -0.15) is 18.3 Å². The minimum absolute atomic E-state index is 0.0832. The van der Waals surface area contributed by atoms with Gasteiger partial charge in [-0.3, -0.25) is 39.0 Å². The molecule has 3 fully saturated rings. The van der Waals surface area contributed by atoms with Crippen molar-refractivity contribution in [1.29, 1.82) is 0 Å². The lowest BCUT2D eigenvalue weighted by molar-refractivity contribution is -0.192. The van der Waals surface area contributed by atoms with E-state index in [-0.39, 0.29) is 30.0 Å². The number of aromatic nitrogens is 6. The quantitative estimate of drug-likeness (QED) is 0.264. The molecule has 4 amide bonds. The number of carbonyl (C=O) groups is 5. The van der Waals surface area contributed by atoms with E-state index in [1.807, 2.05) is 34.6 Å². The number of aliphatic carboxylic acids is 1. The average Bonchev–Trinajstić information content (AvgIpc) is 3.83. The van der Waals surface area contributed by atoms with Crippen molar-refractivity contribution in [3.05, 3.63) is 77.2 Å². The topological polar surface area (TPSA) is 189 Å². The normalized spacial score (nSPS) is 19.9. The van der Waals surface area contributed by atoms with Gasteiger partial charge in [-0.05, 0) is 65.9 Å². The molecule has 2 aromatic carbocycles. The van der Waals surface area contributed by atoms with E-state index in [1.165, 1.54) is 6.42 Å². The molecule has 0 bridgehead atoms. The van der Waals surface area contributed by atoms with E-state index in [1.54, 1.807) is 18.3 Å². The molecule has 2 unspecified atom stereocenters. The number of carboxylic acids is 1. The molecule has 1 aliphatic carbocycles. The Morgan fingerprint density at radius 3 is 2.26 bits per heavy atom. The summed E-state index contributed by atoms with van der Waals surface area (Å²) in [7, 11) is 1.94. The summed E-state index contributed by atoms with van der Waals surface area (Å²) >= 11 is 0. The van der Waals surface area contributed by atoms with Crippen LogP contribution in [-0.4, -0.2) is 113 Å². The Kier molecular flexibility index (Phi) is 9.73. The van der Waals surface area contributed by atoms with Crippen LogP contribution in [0.25, 0.3) is 11.3 Å². The van der Waals surface area contributed by atoms with Crippen LogP contribution in [0.5, 0.6) is 0 Å². The van der Waals surface area contributed by atoms with Gasteiger partial charge in [0.1, 0.15) is 6.04 Å². The maximum Gasteiger partial charge on any atom is 0.490 e. The van der Waals surface area contributed by atoms with Gasteiger partial charge < -0.3 is 10.0 Å². The molecule has 0 radical (unpaired) electrons. The second-order valence-electron chi connectivity index (χ2n) is 13.4. The molecular formula is C35H35F3N10O6. The summed E-state index contributed by atoms with van der Waals surface area (Å²) in [5.41, 5.74) is 4.58. The van der Waals surface area contributed by atoms with Gasteiger partial charge in [-0.1, -0.05) is 24.3 Å². The van der Waals surface area contributed by atoms with Crippen LogP contribution in [0.1, 0.15) is 76.3 Å². The summed E-state index contributed by atoms with van der Waals surface area (Å²) in [5.74, 6) is -3.95. The number of nitrogens with zero attached hydrogens (tertiary/aromatic N) is 9. The van der Waals surface area contributed by atoms with E-state index < -0.39 is 41.8 Å². The predicted molar refractivity (Wildman–Crippen MR) is 182 cm³/mol. The lowest BCUT2D eigenvalue weighted by atomic mass is 9.91. The number of benzene rings is 2. The number of piperidine rings is 1. The Labute approximate surface area is 305 Å². The van der Waals surface area contributed by atoms with Gasteiger partial charge in [0.05, 0.1) is 28.9 Å². The van der Waals surface area contributed by atoms with Crippen molar-refractivity contribution in [2.24, 2.45) is 7.05 Å². The number of carbonyl (C=O) groups excluding carboxylic acids is 4. The molecule has 5 heterocycles. The first-order valence-corrected chi connectivity index (χ1v) is 17.3. The number of imide groups is 2. The molecule has 8 rings (SSSR count). The van der Waals surface area contributed by atoms with E-state index in [0.717, 1.165) is 46.1 Å². The Hall–Kier alpha value is -5.98. The lowest BCUT2D eigenvalue weighted by Gasteiger charge is -2.41. The van der Waals surface area contributed by atoms with E-state index in [2.05, 4.69) is 53.9 Å². The first-order valence-electron chi connectivity index (χ1n) is 17.3. The molecule has 2 N–H and O–H groups in total. The third-order valence-corrected chi connectivity index (χ3v) is 10.2. The Balaban J connectivity index is 0.000000588. The van der Waals surface area contributed by atoms with E-state index in [0.29, 0.717) is 32.2 Å². The van der Waals surface area contributed by atoms with Crippen LogP contribution < -0.4 is 10.2 Å². The largest absolute Gasteiger partial charge is 0.490 e. The molecular weight excluding hydrogens is 713 g/mol. The maximum atomic E-state index is 13.5. The van der Waals surface area contributed by atoms with Crippen molar-refractivity contribution in [3.8, 4) is 11.3 Å². The van der Waals surface area contributed by atoms with Crippen LogP contribution in [0.2, 0.25) is 0 Å². The molecule has 2 saturated heterocycles. The van der Waals surface area contributed by atoms with Gasteiger partial charge in [-0.15, -0.1) is 5.10 Å². The molecule has 282 valence electrons. The van der Waals surface area contributed by atoms with Crippen molar-refractivity contribution < 1.29 is 42.3 Å². The second-order valence-corrected chi connectivity index (χ2v) is 13.4. The van der Waals surface area contributed by atoms with Crippen LogP contribution in [0.3, 0.4) is 0 Å². The van der Waals surface area contributed by atoms with Crippen LogP contribution in [0.4, 0.5) is 18.9 Å². The monoisotopic (exact) mass is 748 g/mol. The number of amides is 4. The number of alkyl halides is 3. The third kappa shape index (κ3) is 6.81. The summed E-state index contributed by atoms with van der Waals surface area (Å²) < 4.78 is 35.6. The van der Waals surface area contributed by atoms with Crippen molar-refractivity contribution in [2.45, 2.75) is 56.4 Å². The Morgan fingerprint density at radius 2 is 1.63 bits per heavy atom. The van der Waals surface area contributed by atoms with Gasteiger partial charge in [0.2, 0.25) is 11.8 Å². The van der Waals surface area contributed by atoms with Crippen molar-refractivity contribution in [2.75, 3.05) is 31.1 Å². The van der Waals surface area contributed by atoms with Crippen molar-refractivity contribution in [1.82, 2.24) is 45.1 Å². The third-order valence-electron chi connectivity index (χ3n) is 10.2. The number of halogens is 3. The van der Waals surface area contributed by atoms with Crippen molar-refractivity contribution in [3.63, 3.8) is 0 Å². The molecule has 4 aliphatic rings. The molecule has 2 aromatic heterocycles. The number of hydrogen-bond acceptors (Lipinski definition) is 11. The number of piperazine rings is 1.